The Bertz CT molecular complexity index is 565. The predicted molar refractivity (Wildman–Crippen MR) is 84.2 cm³/mol. The second kappa shape index (κ2) is 6.83. The van der Waals surface area contributed by atoms with Gasteiger partial charge in [-0.2, -0.15) is 0 Å². The Morgan fingerprint density at radius 2 is 1.95 bits per heavy atom. The number of benzene rings is 1. The molecule has 1 aromatic heterocycles. The van der Waals surface area contributed by atoms with Crippen molar-refractivity contribution >= 4 is 34.7 Å². The first-order valence-corrected chi connectivity index (χ1v) is 7.78. The number of nitrogens with two attached hydrogens (primary N) is 1. The van der Waals surface area contributed by atoms with Crippen LogP contribution in [-0.2, 0) is 6.42 Å². The number of hydrogen-bond acceptors (Lipinski definition) is 5. The van der Waals surface area contributed by atoms with Gasteiger partial charge in [0.2, 0.25) is 0 Å². The van der Waals surface area contributed by atoms with Crippen LogP contribution in [0.25, 0.3) is 0 Å². The lowest BCUT2D eigenvalue weighted by molar-refractivity contribution is 0.551. The Labute approximate surface area is 132 Å². The molecule has 0 aliphatic heterocycles. The van der Waals surface area contributed by atoms with Crippen molar-refractivity contribution in [3.05, 3.63) is 44.4 Å². The van der Waals surface area contributed by atoms with Crippen LogP contribution in [0.1, 0.15) is 41.9 Å². The first-order chi connectivity index (χ1) is 9.54. The molecule has 0 aliphatic rings. The Morgan fingerprint density at radius 1 is 1.30 bits per heavy atom. The highest BCUT2D eigenvalue weighted by atomic mass is 35.5. The van der Waals surface area contributed by atoms with Gasteiger partial charge in [0.05, 0.1) is 16.6 Å². The van der Waals surface area contributed by atoms with Crippen LogP contribution in [0.3, 0.4) is 0 Å². The quantitative estimate of drug-likeness (QED) is 0.647. The number of nitrogens with one attached hydrogen (secondary N) is 1. The fourth-order valence-corrected chi connectivity index (χ4v) is 3.42. The lowest BCUT2D eigenvalue weighted by atomic mass is 10.0. The fraction of sp³-hybridized carbons (Fsp3) is 0.385. The van der Waals surface area contributed by atoms with E-state index < -0.39 is 0 Å². The molecule has 1 unspecified atom stereocenters. The average molecular weight is 331 g/mol. The Hall–Kier alpha value is -0.720. The minimum Gasteiger partial charge on any atom is -0.271 e. The van der Waals surface area contributed by atoms with Gasteiger partial charge in [0.15, 0.2) is 0 Å². The predicted octanol–water partition coefficient (Wildman–Crippen LogP) is 3.72. The van der Waals surface area contributed by atoms with E-state index in [1.165, 1.54) is 11.5 Å². The summed E-state index contributed by atoms with van der Waals surface area (Å²) in [6, 6.07) is 5.37. The van der Waals surface area contributed by atoms with Gasteiger partial charge in [-0.05, 0) is 41.6 Å². The van der Waals surface area contributed by atoms with Gasteiger partial charge in [-0.15, -0.1) is 5.10 Å². The number of hydrogen-bond donors (Lipinski definition) is 2. The van der Waals surface area contributed by atoms with E-state index in [0.29, 0.717) is 22.4 Å². The van der Waals surface area contributed by atoms with Crippen molar-refractivity contribution in [1.82, 2.24) is 15.0 Å². The summed E-state index contributed by atoms with van der Waals surface area (Å²) in [4.78, 5) is 1.03. The average Bonchev–Trinajstić information content (AvgIpc) is 2.88. The normalized spacial score (nSPS) is 12.9. The summed E-state index contributed by atoms with van der Waals surface area (Å²) in [5.41, 5.74) is 4.65. The van der Waals surface area contributed by atoms with Crippen LogP contribution in [0.5, 0.6) is 0 Å². The van der Waals surface area contributed by atoms with Crippen molar-refractivity contribution in [2.24, 2.45) is 5.84 Å². The van der Waals surface area contributed by atoms with Crippen LogP contribution in [0.4, 0.5) is 0 Å². The maximum Gasteiger partial charge on any atom is 0.0829 e. The summed E-state index contributed by atoms with van der Waals surface area (Å²) in [5.74, 6) is 5.99. The van der Waals surface area contributed by atoms with Gasteiger partial charge >= 0.3 is 0 Å². The van der Waals surface area contributed by atoms with Gasteiger partial charge in [0.1, 0.15) is 0 Å². The van der Waals surface area contributed by atoms with Crippen LogP contribution in [0.15, 0.2) is 18.2 Å². The van der Waals surface area contributed by atoms with Crippen molar-refractivity contribution < 1.29 is 0 Å². The number of nitrogens with zero attached hydrogens (tertiary/aromatic N) is 2. The number of aromatic nitrogens is 2. The molecule has 0 spiro atoms. The summed E-state index contributed by atoms with van der Waals surface area (Å²) < 4.78 is 4.03. The second-order valence-electron chi connectivity index (χ2n) is 4.80. The smallest absolute Gasteiger partial charge is 0.0829 e. The molecular weight excluding hydrogens is 315 g/mol. The minimum absolute atomic E-state index is 0.107. The minimum atomic E-state index is -0.107. The van der Waals surface area contributed by atoms with E-state index in [1.54, 1.807) is 0 Å². The highest BCUT2D eigenvalue weighted by molar-refractivity contribution is 7.05. The van der Waals surface area contributed by atoms with Gasteiger partial charge < -0.3 is 0 Å². The molecule has 7 heteroatoms. The molecule has 0 amide bonds. The van der Waals surface area contributed by atoms with E-state index in [4.69, 9.17) is 29.0 Å². The van der Waals surface area contributed by atoms with Crippen LogP contribution in [0, 0.1) is 0 Å². The molecule has 0 saturated carbocycles. The number of halogens is 2. The third-order valence-electron chi connectivity index (χ3n) is 3.07. The van der Waals surface area contributed by atoms with Crippen LogP contribution in [-0.4, -0.2) is 9.59 Å². The number of rotatable bonds is 5. The molecule has 2 aromatic rings. The molecule has 1 heterocycles. The first-order valence-electron chi connectivity index (χ1n) is 6.25. The Kier molecular flexibility index (Phi) is 5.35. The van der Waals surface area contributed by atoms with Gasteiger partial charge in [0, 0.05) is 10.0 Å². The molecule has 3 N–H and O–H groups in total. The van der Waals surface area contributed by atoms with Crippen molar-refractivity contribution in [3.8, 4) is 0 Å². The summed E-state index contributed by atoms with van der Waals surface area (Å²) in [5, 5.41) is 5.46. The maximum absolute atomic E-state index is 6.21. The molecule has 0 fully saturated rings. The topological polar surface area (TPSA) is 63.8 Å². The van der Waals surface area contributed by atoms with E-state index in [-0.39, 0.29) is 6.04 Å². The highest BCUT2D eigenvalue weighted by Gasteiger charge is 2.22. The van der Waals surface area contributed by atoms with E-state index in [0.717, 1.165) is 16.1 Å². The monoisotopic (exact) mass is 330 g/mol. The van der Waals surface area contributed by atoms with Crippen molar-refractivity contribution in [2.75, 3.05) is 0 Å². The van der Waals surface area contributed by atoms with Crippen LogP contribution in [0.2, 0.25) is 10.0 Å². The molecule has 0 bridgehead atoms. The molecule has 0 aliphatic carbocycles. The van der Waals surface area contributed by atoms with Gasteiger partial charge in [0.25, 0.3) is 0 Å². The van der Waals surface area contributed by atoms with Crippen LogP contribution >= 0.6 is 34.7 Å². The zero-order chi connectivity index (χ0) is 14.7. The molecule has 2 rings (SSSR count). The third kappa shape index (κ3) is 3.30. The molecule has 1 aromatic carbocycles. The summed E-state index contributed by atoms with van der Waals surface area (Å²) in [7, 11) is 0. The highest BCUT2D eigenvalue weighted by Crippen LogP contribution is 2.32. The molecule has 1 atom stereocenters. The van der Waals surface area contributed by atoms with Crippen molar-refractivity contribution in [3.63, 3.8) is 0 Å². The van der Waals surface area contributed by atoms with E-state index >= 15 is 0 Å². The van der Waals surface area contributed by atoms with Crippen LogP contribution < -0.4 is 11.3 Å². The van der Waals surface area contributed by atoms with Crippen molar-refractivity contribution in [2.45, 2.75) is 32.2 Å². The van der Waals surface area contributed by atoms with Gasteiger partial charge in [-0.25, -0.2) is 0 Å². The van der Waals surface area contributed by atoms with E-state index in [1.807, 2.05) is 18.2 Å². The zero-order valence-corrected chi connectivity index (χ0v) is 13.6. The fourth-order valence-electron chi connectivity index (χ4n) is 2.01. The summed E-state index contributed by atoms with van der Waals surface area (Å²) in [6.45, 7) is 4.16. The molecule has 4 nitrogen and oxygen atoms in total. The van der Waals surface area contributed by atoms with Crippen molar-refractivity contribution in [1.29, 1.82) is 0 Å². The molecule has 0 radical (unpaired) electrons. The van der Waals surface area contributed by atoms with E-state index in [2.05, 4.69) is 28.9 Å². The summed E-state index contributed by atoms with van der Waals surface area (Å²) in [6.07, 6.45) is 0.596. The second-order valence-corrected chi connectivity index (χ2v) is 6.40. The van der Waals surface area contributed by atoms with Gasteiger partial charge in [-0.1, -0.05) is 47.6 Å². The van der Waals surface area contributed by atoms with E-state index in [9.17, 15) is 0 Å². The largest absolute Gasteiger partial charge is 0.271 e. The molecule has 0 saturated heterocycles. The summed E-state index contributed by atoms with van der Waals surface area (Å²) >= 11 is 13.8. The Balaban J connectivity index is 2.32. The first kappa shape index (κ1) is 15.7. The lowest BCUT2D eigenvalue weighted by Gasteiger charge is -2.17. The SMILES string of the molecule is CC(C)c1nnsc1C(Cc1c(Cl)cccc1Cl)NN. The van der Waals surface area contributed by atoms with Gasteiger partial charge in [-0.3, -0.25) is 11.3 Å². The third-order valence-corrected chi connectivity index (χ3v) is 4.64. The molecular formula is C13H16Cl2N4S. The Morgan fingerprint density at radius 3 is 2.50 bits per heavy atom. The standard InChI is InChI=1S/C13H16Cl2N4S/c1-7(2)12-13(20-19-18-12)11(17-16)6-8-9(14)4-3-5-10(8)15/h3-5,7,11,17H,6,16H2,1-2H3. The lowest BCUT2D eigenvalue weighted by Crippen LogP contribution is -2.30. The molecule has 108 valence electrons. The number of hydrazine groups is 1. The molecule has 20 heavy (non-hydrogen) atoms. The maximum atomic E-state index is 6.21. The zero-order valence-electron chi connectivity index (χ0n) is 11.2.